The molecule has 226 valence electrons. The highest BCUT2D eigenvalue weighted by Gasteiger charge is 2.34. The van der Waals surface area contributed by atoms with Crippen molar-refractivity contribution in [1.82, 2.24) is 4.90 Å². The third-order valence-corrected chi connectivity index (χ3v) is 8.44. The lowest BCUT2D eigenvalue weighted by molar-refractivity contribution is -0.126. The molecule has 1 unspecified atom stereocenters. The van der Waals surface area contributed by atoms with E-state index in [9.17, 15) is 18.4 Å². The van der Waals surface area contributed by atoms with Gasteiger partial charge in [0.1, 0.15) is 5.78 Å². The summed E-state index contributed by atoms with van der Waals surface area (Å²) in [5, 5.41) is 9.02. The molecule has 0 aliphatic heterocycles. The van der Waals surface area contributed by atoms with E-state index in [1.165, 1.54) is 17.0 Å². The number of carbonyl (C=O) groups excluding carboxylic acids is 2. The molecule has 1 saturated carbocycles. The molecule has 1 aliphatic carbocycles. The number of amides is 1. The highest BCUT2D eigenvalue weighted by atomic mass is 19.2. The third kappa shape index (κ3) is 9.49. The van der Waals surface area contributed by atoms with Crippen molar-refractivity contribution in [2.75, 3.05) is 20.2 Å². The maximum atomic E-state index is 15.0. The van der Waals surface area contributed by atoms with Crippen molar-refractivity contribution in [1.29, 1.82) is 5.26 Å². The van der Waals surface area contributed by atoms with Gasteiger partial charge in [0.2, 0.25) is 5.82 Å². The average Bonchev–Trinajstić information content (AvgIpc) is 3.39. The van der Waals surface area contributed by atoms with E-state index in [4.69, 9.17) is 15.7 Å². The summed E-state index contributed by atoms with van der Waals surface area (Å²) in [6, 6.07) is 4.96. The van der Waals surface area contributed by atoms with Crippen molar-refractivity contribution < 1.29 is 23.1 Å². The quantitative estimate of drug-likeness (QED) is 0.131. The number of hydrogen-bond donors (Lipinski definition) is 1. The Kier molecular flexibility index (Phi) is 13.2. The molecule has 0 aromatic heterocycles. The molecule has 0 spiro atoms. The molecule has 2 atom stereocenters. The fourth-order valence-corrected chi connectivity index (χ4v) is 5.61. The van der Waals surface area contributed by atoms with Gasteiger partial charge in [0.25, 0.3) is 5.91 Å². The summed E-state index contributed by atoms with van der Waals surface area (Å²) in [5.41, 5.74) is 7.77. The number of carbonyl (C=O) groups is 2. The summed E-state index contributed by atoms with van der Waals surface area (Å²) in [5.74, 6) is -2.56. The largest absolute Gasteiger partial charge is 0.490 e. The van der Waals surface area contributed by atoms with Crippen molar-refractivity contribution in [2.45, 2.75) is 92.0 Å². The molecule has 8 heteroatoms. The van der Waals surface area contributed by atoms with Crippen LogP contribution in [0.1, 0.15) is 91.0 Å². The standard InChI is InChI=1S/C33H47F2N3O3/c1-22(2)29(24(4)33(5)15-7-8-16-33)32(40)38(6)21-26-12-14-28(31(35)30(26)34)41-17-9-10-27(39)13-11-23(3)18-25(19-36)20-37/h12,14,23,25H,1,7-11,13,15-19,21,36H2,2-6H3/b29-24-/t23-,25?/m1/s1. The van der Waals surface area contributed by atoms with Gasteiger partial charge in [-0.25, -0.2) is 4.39 Å². The van der Waals surface area contributed by atoms with Crippen LogP contribution in [0.3, 0.4) is 0 Å². The third-order valence-electron chi connectivity index (χ3n) is 8.44. The van der Waals surface area contributed by atoms with Gasteiger partial charge in [-0.15, -0.1) is 0 Å². The molecule has 1 aromatic carbocycles. The first-order valence-corrected chi connectivity index (χ1v) is 14.7. The van der Waals surface area contributed by atoms with Crippen molar-refractivity contribution in [3.63, 3.8) is 0 Å². The van der Waals surface area contributed by atoms with Crippen LogP contribution in [-0.2, 0) is 16.1 Å². The number of ketones is 1. The van der Waals surface area contributed by atoms with Crippen LogP contribution in [0.4, 0.5) is 8.78 Å². The number of allylic oxidation sites excluding steroid dienone is 1. The van der Waals surface area contributed by atoms with Gasteiger partial charge in [0, 0.05) is 44.1 Å². The molecule has 1 fully saturated rings. The number of rotatable bonds is 16. The van der Waals surface area contributed by atoms with Crippen molar-refractivity contribution in [3.05, 3.63) is 52.6 Å². The van der Waals surface area contributed by atoms with E-state index in [1.807, 2.05) is 13.8 Å². The molecule has 2 rings (SSSR count). The maximum Gasteiger partial charge on any atom is 0.254 e. The summed E-state index contributed by atoms with van der Waals surface area (Å²) >= 11 is 0. The highest BCUT2D eigenvalue weighted by molar-refractivity contribution is 5.98. The first-order valence-electron chi connectivity index (χ1n) is 14.7. The van der Waals surface area contributed by atoms with Gasteiger partial charge >= 0.3 is 0 Å². The van der Waals surface area contributed by atoms with E-state index < -0.39 is 11.6 Å². The zero-order chi connectivity index (χ0) is 30.7. The average molecular weight is 572 g/mol. The van der Waals surface area contributed by atoms with Crippen LogP contribution >= 0.6 is 0 Å². The van der Waals surface area contributed by atoms with Crippen molar-refractivity contribution >= 4 is 11.7 Å². The van der Waals surface area contributed by atoms with Crippen LogP contribution in [0.15, 0.2) is 35.4 Å². The highest BCUT2D eigenvalue weighted by Crippen LogP contribution is 2.45. The number of halogens is 2. The van der Waals surface area contributed by atoms with Gasteiger partial charge in [-0.2, -0.15) is 9.65 Å². The minimum atomic E-state index is -1.11. The topological polar surface area (TPSA) is 96.4 Å². The summed E-state index contributed by atoms with van der Waals surface area (Å²) in [6.45, 7) is 12.3. The van der Waals surface area contributed by atoms with E-state index in [-0.39, 0.29) is 59.8 Å². The van der Waals surface area contributed by atoms with Gasteiger partial charge in [0.05, 0.1) is 18.6 Å². The molecule has 0 bridgehead atoms. The number of hydrogen-bond acceptors (Lipinski definition) is 5. The molecule has 0 heterocycles. The number of nitriles is 1. The Morgan fingerprint density at radius 3 is 2.44 bits per heavy atom. The SMILES string of the molecule is C=C(C)/C(C(=O)N(C)Cc1ccc(OCCCC(=O)CC[C@@H](C)CC(C#N)CN)c(F)c1F)=C(\C)C1(C)CCCC1. The zero-order valence-electron chi connectivity index (χ0n) is 25.5. The number of nitrogens with zero attached hydrogens (tertiary/aromatic N) is 2. The summed E-state index contributed by atoms with van der Waals surface area (Å²) < 4.78 is 35.2. The molecule has 1 aliphatic rings. The predicted octanol–water partition coefficient (Wildman–Crippen LogP) is 7.03. The molecule has 1 amide bonds. The number of Topliss-reactive ketones (excluding diaryl/α,β-unsaturated/α-hetero) is 1. The Morgan fingerprint density at radius 1 is 1.20 bits per heavy atom. The molecule has 0 saturated heterocycles. The van der Waals surface area contributed by atoms with Gasteiger partial charge < -0.3 is 15.4 Å². The Labute approximate surface area is 244 Å². The predicted molar refractivity (Wildman–Crippen MR) is 158 cm³/mol. The number of nitrogens with two attached hydrogens (primary N) is 1. The lowest BCUT2D eigenvalue weighted by Gasteiger charge is -2.29. The lowest BCUT2D eigenvalue weighted by atomic mass is 9.77. The molecular weight excluding hydrogens is 524 g/mol. The Morgan fingerprint density at radius 2 is 1.85 bits per heavy atom. The second-order valence-electron chi connectivity index (χ2n) is 12.0. The lowest BCUT2D eigenvalue weighted by Crippen LogP contribution is -2.31. The van der Waals surface area contributed by atoms with Crippen molar-refractivity contribution in [3.8, 4) is 11.8 Å². The van der Waals surface area contributed by atoms with Gasteiger partial charge in [0.15, 0.2) is 11.6 Å². The molecular formula is C33H47F2N3O3. The smallest absolute Gasteiger partial charge is 0.254 e. The molecule has 41 heavy (non-hydrogen) atoms. The van der Waals surface area contributed by atoms with Crippen LogP contribution in [-0.4, -0.2) is 36.8 Å². The van der Waals surface area contributed by atoms with E-state index in [2.05, 4.69) is 19.6 Å². The summed E-state index contributed by atoms with van der Waals surface area (Å²) in [7, 11) is 1.58. The maximum absolute atomic E-state index is 15.0. The molecule has 0 radical (unpaired) electrons. The van der Waals surface area contributed by atoms with Crippen LogP contribution in [0.25, 0.3) is 0 Å². The van der Waals surface area contributed by atoms with Crippen LogP contribution in [0, 0.1) is 40.2 Å². The molecule has 2 N–H and O–H groups in total. The van der Waals surface area contributed by atoms with E-state index in [0.717, 1.165) is 31.3 Å². The Bertz CT molecular complexity index is 1160. The molecule has 6 nitrogen and oxygen atoms in total. The van der Waals surface area contributed by atoms with Crippen LogP contribution < -0.4 is 10.5 Å². The zero-order valence-corrected chi connectivity index (χ0v) is 25.5. The number of ether oxygens (including phenoxy) is 1. The minimum absolute atomic E-state index is 0.0501. The van der Waals surface area contributed by atoms with Crippen molar-refractivity contribution in [2.24, 2.45) is 23.0 Å². The first-order chi connectivity index (χ1) is 19.3. The first kappa shape index (κ1) is 34.2. The van der Waals surface area contributed by atoms with E-state index >= 15 is 0 Å². The monoisotopic (exact) mass is 571 g/mol. The Hall–Kier alpha value is -3.05. The Balaban J connectivity index is 1.92. The number of likely N-dealkylation sites (N-methyl/N-ethyl adjacent to an activating group) is 1. The van der Waals surface area contributed by atoms with E-state index in [0.29, 0.717) is 43.4 Å². The fraction of sp³-hybridized carbons (Fsp3) is 0.606. The van der Waals surface area contributed by atoms with Gasteiger partial charge in [-0.3, -0.25) is 9.59 Å². The summed E-state index contributed by atoms with van der Waals surface area (Å²) in [6.07, 6.45) is 6.67. The van der Waals surface area contributed by atoms with Crippen LogP contribution in [0.5, 0.6) is 5.75 Å². The second-order valence-corrected chi connectivity index (χ2v) is 12.0. The second kappa shape index (κ2) is 15.8. The summed E-state index contributed by atoms with van der Waals surface area (Å²) in [4.78, 5) is 27.0. The van der Waals surface area contributed by atoms with Gasteiger partial charge in [-0.1, -0.05) is 44.9 Å². The van der Waals surface area contributed by atoms with Crippen LogP contribution in [0.2, 0.25) is 0 Å². The molecule has 1 aromatic rings. The minimum Gasteiger partial charge on any atom is -0.490 e. The van der Waals surface area contributed by atoms with E-state index in [1.54, 1.807) is 14.0 Å². The normalized spacial score (nSPS) is 16.4. The number of benzene rings is 1. The van der Waals surface area contributed by atoms with Gasteiger partial charge in [-0.05, 0) is 68.9 Å². The fourth-order valence-electron chi connectivity index (χ4n) is 5.61.